The molecule has 132 valence electrons. The Labute approximate surface area is 147 Å². The molecule has 0 saturated heterocycles. The standard InChI is InChI=1S/C17H15N5O4/c1-10-19-12(7-16(23)20-10)17(24)21-15-4-5-18-22(15)8-11-2-3-13-14(6-11)26-9-25-13/h2-7H,8-9H2,1H3,(H,21,24)(H,19,20,23). The van der Waals surface area contributed by atoms with E-state index >= 15 is 0 Å². The first kappa shape index (κ1) is 15.9. The highest BCUT2D eigenvalue weighted by atomic mass is 16.7. The lowest BCUT2D eigenvalue weighted by Gasteiger charge is -2.09. The van der Waals surface area contributed by atoms with Gasteiger partial charge in [0.25, 0.3) is 11.5 Å². The molecule has 0 radical (unpaired) electrons. The number of carbonyl (C=O) groups is 1. The second-order valence-corrected chi connectivity index (χ2v) is 5.73. The molecule has 26 heavy (non-hydrogen) atoms. The molecule has 0 spiro atoms. The monoisotopic (exact) mass is 353 g/mol. The van der Waals surface area contributed by atoms with Gasteiger partial charge in [0.15, 0.2) is 11.5 Å². The van der Waals surface area contributed by atoms with Gasteiger partial charge < -0.3 is 19.8 Å². The van der Waals surface area contributed by atoms with Crippen LogP contribution >= 0.6 is 0 Å². The zero-order valence-electron chi connectivity index (χ0n) is 13.9. The van der Waals surface area contributed by atoms with Gasteiger partial charge in [0, 0.05) is 12.1 Å². The van der Waals surface area contributed by atoms with Crippen molar-refractivity contribution in [3.63, 3.8) is 0 Å². The van der Waals surface area contributed by atoms with Gasteiger partial charge in [-0.2, -0.15) is 5.10 Å². The van der Waals surface area contributed by atoms with Crippen molar-refractivity contribution in [2.24, 2.45) is 0 Å². The summed E-state index contributed by atoms with van der Waals surface area (Å²) in [6.07, 6.45) is 1.58. The molecule has 0 saturated carbocycles. The second kappa shape index (κ2) is 6.36. The quantitative estimate of drug-likeness (QED) is 0.731. The number of H-pyrrole nitrogens is 1. The molecule has 2 N–H and O–H groups in total. The molecular formula is C17H15N5O4. The summed E-state index contributed by atoms with van der Waals surface area (Å²) in [4.78, 5) is 30.4. The van der Waals surface area contributed by atoms with Crippen LogP contribution in [0.25, 0.3) is 0 Å². The molecule has 0 bridgehead atoms. The molecule has 1 aliphatic rings. The van der Waals surface area contributed by atoms with Crippen LogP contribution < -0.4 is 20.3 Å². The summed E-state index contributed by atoms with van der Waals surface area (Å²) >= 11 is 0. The molecule has 3 heterocycles. The Morgan fingerprint density at radius 1 is 1.27 bits per heavy atom. The Morgan fingerprint density at radius 3 is 2.96 bits per heavy atom. The lowest BCUT2D eigenvalue weighted by atomic mass is 10.2. The van der Waals surface area contributed by atoms with E-state index in [2.05, 4.69) is 20.4 Å². The van der Waals surface area contributed by atoms with E-state index in [4.69, 9.17) is 9.47 Å². The van der Waals surface area contributed by atoms with Crippen LogP contribution in [-0.4, -0.2) is 32.4 Å². The number of fused-ring (bicyclic) bond motifs is 1. The summed E-state index contributed by atoms with van der Waals surface area (Å²) in [5.74, 6) is 1.78. The Balaban J connectivity index is 1.53. The minimum atomic E-state index is -0.480. The van der Waals surface area contributed by atoms with Crippen molar-refractivity contribution in [3.8, 4) is 11.5 Å². The third-order valence-corrected chi connectivity index (χ3v) is 3.82. The largest absolute Gasteiger partial charge is 0.454 e. The van der Waals surface area contributed by atoms with Crippen LogP contribution in [0.2, 0.25) is 0 Å². The molecule has 0 aliphatic carbocycles. The number of ether oxygens (including phenoxy) is 2. The molecule has 9 heteroatoms. The van der Waals surface area contributed by atoms with Crippen molar-refractivity contribution in [1.29, 1.82) is 0 Å². The Kier molecular flexibility index (Phi) is 3.88. The summed E-state index contributed by atoms with van der Waals surface area (Å²) in [5, 5.41) is 6.95. The first-order valence-corrected chi connectivity index (χ1v) is 7.88. The SMILES string of the molecule is Cc1nc(C(=O)Nc2ccnn2Cc2ccc3c(c2)OCO3)cc(=O)[nH]1. The number of anilines is 1. The van der Waals surface area contributed by atoms with Gasteiger partial charge in [-0.3, -0.25) is 9.59 Å². The number of nitrogens with zero attached hydrogens (tertiary/aromatic N) is 3. The van der Waals surface area contributed by atoms with Gasteiger partial charge in [-0.15, -0.1) is 0 Å². The molecule has 3 aromatic rings. The van der Waals surface area contributed by atoms with E-state index in [0.717, 1.165) is 11.6 Å². The van der Waals surface area contributed by atoms with Gasteiger partial charge in [-0.1, -0.05) is 6.07 Å². The molecule has 1 aromatic carbocycles. The number of aryl methyl sites for hydroxylation is 1. The van der Waals surface area contributed by atoms with Gasteiger partial charge >= 0.3 is 0 Å². The fraction of sp³-hybridized carbons (Fsp3) is 0.176. The van der Waals surface area contributed by atoms with Gasteiger partial charge in [0.2, 0.25) is 6.79 Å². The van der Waals surface area contributed by atoms with Crippen molar-refractivity contribution in [1.82, 2.24) is 19.7 Å². The lowest BCUT2D eigenvalue weighted by molar-refractivity contribution is 0.102. The van der Waals surface area contributed by atoms with Crippen molar-refractivity contribution >= 4 is 11.7 Å². The third-order valence-electron chi connectivity index (χ3n) is 3.82. The van der Waals surface area contributed by atoms with Gasteiger partial charge in [0.05, 0.1) is 12.7 Å². The summed E-state index contributed by atoms with van der Waals surface area (Å²) in [5.41, 5.74) is 0.608. The average molecular weight is 353 g/mol. The molecule has 2 aromatic heterocycles. The fourth-order valence-corrected chi connectivity index (χ4v) is 2.65. The molecule has 0 atom stereocenters. The van der Waals surface area contributed by atoms with E-state index in [9.17, 15) is 9.59 Å². The summed E-state index contributed by atoms with van der Waals surface area (Å²) in [6.45, 7) is 2.26. The lowest BCUT2D eigenvalue weighted by Crippen LogP contribution is -2.21. The zero-order chi connectivity index (χ0) is 18.1. The van der Waals surface area contributed by atoms with Crippen LogP contribution in [0.3, 0.4) is 0 Å². The fourth-order valence-electron chi connectivity index (χ4n) is 2.65. The Bertz CT molecular complexity index is 1040. The van der Waals surface area contributed by atoms with E-state index in [1.165, 1.54) is 0 Å². The zero-order valence-corrected chi connectivity index (χ0v) is 13.9. The number of carbonyl (C=O) groups excluding carboxylic acids is 1. The van der Waals surface area contributed by atoms with E-state index in [0.29, 0.717) is 29.7 Å². The first-order chi connectivity index (χ1) is 12.6. The third kappa shape index (κ3) is 3.14. The maximum Gasteiger partial charge on any atom is 0.275 e. The number of benzene rings is 1. The minimum Gasteiger partial charge on any atom is -0.454 e. The average Bonchev–Trinajstić information content (AvgIpc) is 3.23. The predicted octanol–water partition coefficient (Wildman–Crippen LogP) is 1.30. The van der Waals surface area contributed by atoms with E-state index in [1.807, 2.05) is 18.2 Å². The number of aromatic amines is 1. The van der Waals surface area contributed by atoms with Crippen LogP contribution in [0, 0.1) is 6.92 Å². The Hall–Kier alpha value is -3.62. The van der Waals surface area contributed by atoms with E-state index < -0.39 is 5.91 Å². The number of aromatic nitrogens is 4. The molecule has 4 rings (SSSR count). The van der Waals surface area contributed by atoms with Crippen molar-refractivity contribution < 1.29 is 14.3 Å². The van der Waals surface area contributed by atoms with Gasteiger partial charge in [0.1, 0.15) is 17.3 Å². The van der Waals surface area contributed by atoms with Crippen LogP contribution in [0.4, 0.5) is 5.82 Å². The predicted molar refractivity (Wildman–Crippen MR) is 91.4 cm³/mol. The molecular weight excluding hydrogens is 338 g/mol. The van der Waals surface area contributed by atoms with Gasteiger partial charge in [-0.25, -0.2) is 9.67 Å². The highest BCUT2D eigenvalue weighted by Gasteiger charge is 2.15. The van der Waals surface area contributed by atoms with Crippen molar-refractivity contribution in [3.05, 3.63) is 64.0 Å². The number of amides is 1. The van der Waals surface area contributed by atoms with Crippen LogP contribution in [0.5, 0.6) is 11.5 Å². The van der Waals surface area contributed by atoms with Crippen molar-refractivity contribution in [2.75, 3.05) is 12.1 Å². The molecule has 0 unspecified atom stereocenters. The Morgan fingerprint density at radius 2 is 2.12 bits per heavy atom. The molecule has 9 nitrogen and oxygen atoms in total. The molecule has 1 aliphatic heterocycles. The highest BCUT2D eigenvalue weighted by molar-refractivity contribution is 6.02. The number of hydrogen-bond donors (Lipinski definition) is 2. The maximum atomic E-state index is 12.4. The topological polar surface area (TPSA) is 111 Å². The second-order valence-electron chi connectivity index (χ2n) is 5.73. The van der Waals surface area contributed by atoms with Crippen molar-refractivity contribution in [2.45, 2.75) is 13.5 Å². The number of hydrogen-bond acceptors (Lipinski definition) is 6. The van der Waals surface area contributed by atoms with Crippen LogP contribution in [0.1, 0.15) is 21.9 Å². The van der Waals surface area contributed by atoms with E-state index in [1.54, 1.807) is 23.9 Å². The van der Waals surface area contributed by atoms with Gasteiger partial charge in [-0.05, 0) is 24.6 Å². The highest BCUT2D eigenvalue weighted by Crippen LogP contribution is 2.32. The van der Waals surface area contributed by atoms with Crippen LogP contribution in [-0.2, 0) is 6.54 Å². The number of nitrogens with one attached hydrogen (secondary N) is 2. The molecule has 1 amide bonds. The smallest absolute Gasteiger partial charge is 0.275 e. The summed E-state index contributed by atoms with van der Waals surface area (Å²) < 4.78 is 12.3. The van der Waals surface area contributed by atoms with Crippen LogP contribution in [0.15, 0.2) is 41.3 Å². The van der Waals surface area contributed by atoms with E-state index in [-0.39, 0.29) is 18.0 Å². The first-order valence-electron chi connectivity index (χ1n) is 7.88. The normalized spacial score (nSPS) is 12.2. The maximum absolute atomic E-state index is 12.4. The summed E-state index contributed by atoms with van der Waals surface area (Å²) in [6, 6.07) is 8.44. The minimum absolute atomic E-state index is 0.0436. The molecule has 0 fully saturated rings. The number of rotatable bonds is 4. The summed E-state index contributed by atoms with van der Waals surface area (Å²) in [7, 11) is 0.